The maximum Gasteiger partial charge on any atom is 0.353 e. The summed E-state index contributed by atoms with van der Waals surface area (Å²) >= 11 is 5.83. The first-order valence-corrected chi connectivity index (χ1v) is 7.68. The topological polar surface area (TPSA) is 119 Å². The molecular formula is C16H12ClFN6O2. The molecule has 2 aromatic carbocycles. The number of hydrogen-bond acceptors (Lipinski definition) is 7. The highest BCUT2D eigenvalue weighted by atomic mass is 35.5. The van der Waals surface area contributed by atoms with Crippen molar-refractivity contribution in [3.8, 4) is 0 Å². The van der Waals surface area contributed by atoms with Crippen LogP contribution in [0.2, 0.25) is 5.02 Å². The monoisotopic (exact) mass is 374 g/mol. The van der Waals surface area contributed by atoms with Gasteiger partial charge in [0, 0.05) is 10.7 Å². The average molecular weight is 375 g/mol. The van der Waals surface area contributed by atoms with Gasteiger partial charge in [-0.2, -0.15) is 9.97 Å². The summed E-state index contributed by atoms with van der Waals surface area (Å²) in [4.78, 5) is 18.5. The number of nitro groups is 1. The summed E-state index contributed by atoms with van der Waals surface area (Å²) < 4.78 is 13.9. The molecule has 0 atom stereocenters. The van der Waals surface area contributed by atoms with Gasteiger partial charge in [-0.15, -0.1) is 0 Å². The molecule has 132 valence electrons. The van der Waals surface area contributed by atoms with Crippen LogP contribution in [0.4, 0.5) is 39.0 Å². The maximum absolute atomic E-state index is 13.9. The number of nitrogens with one attached hydrogen (secondary N) is 2. The van der Waals surface area contributed by atoms with E-state index in [0.717, 1.165) is 0 Å². The molecule has 0 fully saturated rings. The second-order valence-corrected chi connectivity index (χ2v) is 5.56. The van der Waals surface area contributed by atoms with Crippen LogP contribution in [-0.2, 0) is 0 Å². The molecule has 0 unspecified atom stereocenters. The van der Waals surface area contributed by atoms with Crippen LogP contribution in [-0.4, -0.2) is 14.9 Å². The van der Waals surface area contributed by atoms with Gasteiger partial charge in [0.15, 0.2) is 0 Å². The molecule has 4 N–H and O–H groups in total. The van der Waals surface area contributed by atoms with E-state index in [1.54, 1.807) is 30.3 Å². The van der Waals surface area contributed by atoms with Crippen molar-refractivity contribution in [1.82, 2.24) is 9.97 Å². The lowest BCUT2D eigenvalue weighted by molar-refractivity contribution is -0.383. The lowest BCUT2D eigenvalue weighted by Crippen LogP contribution is -2.09. The molecule has 10 heteroatoms. The van der Waals surface area contributed by atoms with Crippen LogP contribution in [0.15, 0.2) is 48.5 Å². The van der Waals surface area contributed by atoms with Crippen LogP contribution in [0.3, 0.4) is 0 Å². The Morgan fingerprint density at radius 2 is 1.77 bits per heavy atom. The fraction of sp³-hybridized carbons (Fsp3) is 0. The van der Waals surface area contributed by atoms with E-state index in [1.807, 2.05) is 0 Å². The Hall–Kier alpha value is -3.46. The number of hydrogen-bond donors (Lipinski definition) is 3. The molecule has 0 radical (unpaired) electrons. The lowest BCUT2D eigenvalue weighted by atomic mass is 10.3. The number of rotatable bonds is 5. The summed E-state index contributed by atoms with van der Waals surface area (Å²) in [7, 11) is 0. The number of benzene rings is 2. The highest BCUT2D eigenvalue weighted by molar-refractivity contribution is 6.30. The average Bonchev–Trinajstić information content (AvgIpc) is 2.58. The first kappa shape index (κ1) is 17.4. The number of nitrogens with zero attached hydrogens (tertiary/aromatic N) is 3. The Bertz CT molecular complexity index is 967. The fourth-order valence-electron chi connectivity index (χ4n) is 2.15. The Labute approximate surface area is 152 Å². The van der Waals surface area contributed by atoms with Crippen molar-refractivity contribution in [3.05, 3.63) is 69.5 Å². The Balaban J connectivity index is 2.00. The molecule has 0 spiro atoms. The number of nitrogen functional groups attached to an aromatic ring is 1. The van der Waals surface area contributed by atoms with Crippen LogP contribution in [0, 0.1) is 15.9 Å². The van der Waals surface area contributed by atoms with Gasteiger partial charge in [-0.25, -0.2) is 4.39 Å². The molecule has 0 amide bonds. The van der Waals surface area contributed by atoms with E-state index >= 15 is 0 Å². The summed E-state index contributed by atoms with van der Waals surface area (Å²) in [5.41, 5.74) is 5.77. The van der Waals surface area contributed by atoms with Gasteiger partial charge in [-0.05, 0) is 36.4 Å². The minimum Gasteiger partial charge on any atom is -0.378 e. The number of para-hydroxylation sites is 1. The van der Waals surface area contributed by atoms with E-state index in [2.05, 4.69) is 20.6 Å². The number of halogens is 2. The van der Waals surface area contributed by atoms with Gasteiger partial charge >= 0.3 is 5.69 Å². The normalized spacial score (nSPS) is 10.4. The maximum atomic E-state index is 13.9. The highest BCUT2D eigenvalue weighted by Crippen LogP contribution is 2.32. The van der Waals surface area contributed by atoms with Crippen molar-refractivity contribution >= 4 is 46.2 Å². The summed E-state index contributed by atoms with van der Waals surface area (Å²) in [5, 5.41) is 17.3. The molecule has 0 aliphatic rings. The lowest BCUT2D eigenvalue weighted by Gasteiger charge is -2.11. The molecule has 1 aromatic heterocycles. The molecule has 0 aliphatic carbocycles. The second kappa shape index (κ2) is 7.19. The van der Waals surface area contributed by atoms with E-state index in [1.165, 1.54) is 18.2 Å². The summed E-state index contributed by atoms with van der Waals surface area (Å²) in [6.45, 7) is 0. The van der Waals surface area contributed by atoms with E-state index in [9.17, 15) is 14.5 Å². The quantitative estimate of drug-likeness (QED) is 0.451. The third-order valence-corrected chi connectivity index (χ3v) is 3.57. The molecule has 0 aliphatic heterocycles. The zero-order valence-corrected chi connectivity index (χ0v) is 13.9. The van der Waals surface area contributed by atoms with Crippen molar-refractivity contribution in [3.63, 3.8) is 0 Å². The van der Waals surface area contributed by atoms with Crippen molar-refractivity contribution < 1.29 is 9.31 Å². The van der Waals surface area contributed by atoms with Crippen molar-refractivity contribution in [2.45, 2.75) is 0 Å². The summed E-state index contributed by atoms with van der Waals surface area (Å²) in [6, 6.07) is 12.4. The van der Waals surface area contributed by atoms with Crippen LogP contribution >= 0.6 is 11.6 Å². The zero-order valence-electron chi connectivity index (χ0n) is 13.1. The smallest absolute Gasteiger partial charge is 0.353 e. The van der Waals surface area contributed by atoms with E-state index in [0.29, 0.717) is 10.7 Å². The largest absolute Gasteiger partial charge is 0.378 e. The predicted molar refractivity (Wildman–Crippen MR) is 97.5 cm³/mol. The van der Waals surface area contributed by atoms with E-state index < -0.39 is 16.4 Å². The van der Waals surface area contributed by atoms with Gasteiger partial charge in [0.2, 0.25) is 17.6 Å². The van der Waals surface area contributed by atoms with E-state index in [-0.39, 0.29) is 23.3 Å². The number of aromatic nitrogens is 2. The Morgan fingerprint density at radius 3 is 2.42 bits per heavy atom. The fourth-order valence-corrected chi connectivity index (χ4v) is 2.27. The van der Waals surface area contributed by atoms with Crippen LogP contribution < -0.4 is 16.4 Å². The van der Waals surface area contributed by atoms with Crippen LogP contribution in [0.5, 0.6) is 0 Å². The zero-order chi connectivity index (χ0) is 18.7. The number of nitrogens with two attached hydrogens (primary N) is 1. The Kier molecular flexibility index (Phi) is 4.81. The number of anilines is 5. The first-order chi connectivity index (χ1) is 12.4. The highest BCUT2D eigenvalue weighted by Gasteiger charge is 2.24. The van der Waals surface area contributed by atoms with Gasteiger partial charge in [-0.1, -0.05) is 23.7 Å². The molecule has 3 rings (SSSR count). The minimum atomic E-state index is -0.732. The molecule has 0 saturated heterocycles. The summed E-state index contributed by atoms with van der Waals surface area (Å²) in [6.07, 6.45) is 0. The van der Waals surface area contributed by atoms with E-state index in [4.69, 9.17) is 17.3 Å². The van der Waals surface area contributed by atoms with Gasteiger partial charge in [0.05, 0.1) is 10.6 Å². The van der Waals surface area contributed by atoms with Crippen LogP contribution in [0.25, 0.3) is 0 Å². The predicted octanol–water partition coefficient (Wildman–Crippen LogP) is 4.25. The third kappa shape index (κ3) is 3.78. The van der Waals surface area contributed by atoms with Gasteiger partial charge in [0.1, 0.15) is 5.82 Å². The second-order valence-electron chi connectivity index (χ2n) is 5.12. The van der Waals surface area contributed by atoms with Crippen molar-refractivity contribution in [1.29, 1.82) is 0 Å². The molecule has 1 heterocycles. The Morgan fingerprint density at radius 1 is 1.08 bits per heavy atom. The standard InChI is InChI=1S/C16H12ClFN6O2/c17-9-5-7-10(8-6-9)20-16-22-14(19)13(24(25)26)15(23-16)21-12-4-2-1-3-11(12)18/h1-8H,(H4,19,20,21,22,23). The molecular weight excluding hydrogens is 363 g/mol. The molecule has 3 aromatic rings. The molecule has 26 heavy (non-hydrogen) atoms. The van der Waals surface area contributed by atoms with Crippen LogP contribution in [0.1, 0.15) is 0 Å². The molecule has 0 saturated carbocycles. The van der Waals surface area contributed by atoms with Crippen molar-refractivity contribution in [2.24, 2.45) is 0 Å². The minimum absolute atomic E-state index is 0.00858. The van der Waals surface area contributed by atoms with Gasteiger partial charge < -0.3 is 16.4 Å². The molecule has 8 nitrogen and oxygen atoms in total. The van der Waals surface area contributed by atoms with Gasteiger partial charge in [-0.3, -0.25) is 10.1 Å². The SMILES string of the molecule is Nc1nc(Nc2ccc(Cl)cc2)nc(Nc2ccccc2F)c1[N+](=O)[O-]. The van der Waals surface area contributed by atoms with Crippen molar-refractivity contribution in [2.75, 3.05) is 16.4 Å². The third-order valence-electron chi connectivity index (χ3n) is 3.32. The van der Waals surface area contributed by atoms with Gasteiger partial charge in [0.25, 0.3) is 0 Å². The summed E-state index contributed by atoms with van der Waals surface area (Å²) in [5.74, 6) is -1.18. The molecule has 0 bridgehead atoms. The first-order valence-electron chi connectivity index (χ1n) is 7.30.